The zero-order chi connectivity index (χ0) is 30.6. The van der Waals surface area contributed by atoms with Gasteiger partial charge in [0.05, 0.1) is 18.9 Å². The Morgan fingerprint density at radius 2 is 1.59 bits per heavy atom. The van der Waals surface area contributed by atoms with Gasteiger partial charge in [0.2, 0.25) is 5.91 Å². The first-order valence-corrected chi connectivity index (χ1v) is 15.4. The number of β-lactam (4-membered cyclic amide) rings is 1. The maximum Gasteiger partial charge on any atom is 0.356 e. The predicted octanol–water partition coefficient (Wildman–Crippen LogP) is 3.93. The van der Waals surface area contributed by atoms with E-state index in [9.17, 15) is 19.2 Å². The van der Waals surface area contributed by atoms with Crippen LogP contribution in [0, 0.1) is 0 Å². The molecule has 44 heavy (non-hydrogen) atoms. The molecule has 3 atom stereocenters. The van der Waals surface area contributed by atoms with Crippen molar-refractivity contribution in [2.24, 2.45) is 0 Å². The van der Waals surface area contributed by atoms with E-state index >= 15 is 0 Å². The summed E-state index contributed by atoms with van der Waals surface area (Å²) in [6, 6.07) is 27.1. The van der Waals surface area contributed by atoms with Gasteiger partial charge < -0.3 is 14.9 Å². The lowest BCUT2D eigenvalue weighted by Gasteiger charge is -2.49. The molecule has 1 N–H and O–H groups in total. The van der Waals surface area contributed by atoms with Crippen LogP contribution < -0.4 is 5.32 Å². The lowest BCUT2D eigenvalue weighted by molar-refractivity contribution is -0.167. The highest BCUT2D eigenvalue weighted by molar-refractivity contribution is 8.00. The third-order valence-corrected chi connectivity index (χ3v) is 9.06. The minimum Gasteiger partial charge on any atom is -0.448 e. The summed E-state index contributed by atoms with van der Waals surface area (Å²) in [4.78, 5) is 58.8. The van der Waals surface area contributed by atoms with Gasteiger partial charge in [0.25, 0.3) is 5.91 Å². The van der Waals surface area contributed by atoms with Gasteiger partial charge in [0.15, 0.2) is 6.10 Å². The fraction of sp³-hybridized carbons (Fsp3) is 0.235. The molecule has 0 aliphatic carbocycles. The van der Waals surface area contributed by atoms with Crippen LogP contribution in [0.2, 0.25) is 0 Å². The summed E-state index contributed by atoms with van der Waals surface area (Å²) in [5, 5.41) is 3.86. The number of hydrogen-bond donors (Lipinski definition) is 1. The molecule has 0 saturated carbocycles. The van der Waals surface area contributed by atoms with E-state index in [1.165, 1.54) is 21.7 Å². The van der Waals surface area contributed by atoms with E-state index in [2.05, 4.69) is 5.32 Å². The number of esters is 1. The Morgan fingerprint density at radius 1 is 0.977 bits per heavy atom. The molecule has 9 nitrogen and oxygen atoms in total. The van der Waals surface area contributed by atoms with Crippen LogP contribution in [0.3, 0.4) is 0 Å². The number of nitrogens with one attached hydrogen (secondary N) is 1. The summed E-state index contributed by atoms with van der Waals surface area (Å²) in [5.41, 5.74) is 3.14. The number of rotatable bonds is 9. The van der Waals surface area contributed by atoms with E-state index in [1.807, 2.05) is 91.0 Å². The molecule has 0 spiro atoms. The Kier molecular flexibility index (Phi) is 8.63. The highest BCUT2D eigenvalue weighted by Gasteiger charge is 2.54. The van der Waals surface area contributed by atoms with Crippen molar-refractivity contribution >= 4 is 35.5 Å². The van der Waals surface area contributed by atoms with Crippen LogP contribution in [0.25, 0.3) is 0 Å². The molecule has 224 valence electrons. The molecule has 3 aromatic carbocycles. The zero-order valence-corrected chi connectivity index (χ0v) is 24.8. The highest BCUT2D eigenvalue weighted by Crippen LogP contribution is 2.42. The number of ether oxygens (including phenoxy) is 1. The Hall–Kier alpha value is -4.67. The van der Waals surface area contributed by atoms with Gasteiger partial charge >= 0.3 is 11.9 Å². The van der Waals surface area contributed by atoms with Crippen LogP contribution in [-0.4, -0.2) is 64.0 Å². The van der Waals surface area contributed by atoms with Gasteiger partial charge in [-0.05, 0) is 22.3 Å². The molecule has 3 heterocycles. The summed E-state index contributed by atoms with van der Waals surface area (Å²) in [6.07, 6.45) is 3.17. The van der Waals surface area contributed by atoms with Crippen molar-refractivity contribution in [1.29, 1.82) is 0 Å². The smallest absolute Gasteiger partial charge is 0.356 e. The maximum absolute atomic E-state index is 14.1. The standard InChI is InChI=1S/C34H31N3O6S/c1-36-26(20-28(39)43-36)18-17-25-21-44-33-29(35-27(38)19-22-11-5-2-6-12-22)32(40)37(33)30(25)34(41)42-31(23-13-7-3-8-14-23)24-15-9-4-10-16-24/h2-18,26,29,31,33H,19-21H2,1H3,(H,35,38)/b18-17+/t26?,29-,33?/m1/s1. The molecule has 2 fully saturated rings. The van der Waals surface area contributed by atoms with Crippen molar-refractivity contribution < 1.29 is 28.8 Å². The number of fused-ring (bicyclic) bond motifs is 1. The first-order chi connectivity index (χ1) is 21.4. The van der Waals surface area contributed by atoms with E-state index in [0.29, 0.717) is 11.3 Å². The second-order valence-corrected chi connectivity index (χ2v) is 11.8. The van der Waals surface area contributed by atoms with E-state index in [0.717, 1.165) is 16.7 Å². The van der Waals surface area contributed by atoms with Gasteiger partial charge in [0, 0.05) is 12.8 Å². The summed E-state index contributed by atoms with van der Waals surface area (Å²) in [7, 11) is 1.67. The van der Waals surface area contributed by atoms with Gasteiger partial charge in [-0.2, -0.15) is 0 Å². The minimum absolute atomic E-state index is 0.133. The molecule has 6 rings (SSSR count). The minimum atomic E-state index is -0.768. The van der Waals surface area contributed by atoms with E-state index in [4.69, 9.17) is 9.57 Å². The van der Waals surface area contributed by atoms with Crippen molar-refractivity contribution in [3.63, 3.8) is 0 Å². The zero-order valence-electron chi connectivity index (χ0n) is 24.0. The fourth-order valence-electron chi connectivity index (χ4n) is 5.49. The average molecular weight is 610 g/mol. The van der Waals surface area contributed by atoms with Crippen molar-refractivity contribution in [2.75, 3.05) is 12.8 Å². The molecule has 0 bridgehead atoms. The number of hydroxylamine groups is 2. The monoisotopic (exact) mass is 609 g/mol. The quantitative estimate of drug-likeness (QED) is 0.288. The van der Waals surface area contributed by atoms with E-state index in [-0.39, 0.29) is 42.4 Å². The summed E-state index contributed by atoms with van der Waals surface area (Å²) in [6.45, 7) is 0. The molecule has 0 radical (unpaired) electrons. The molecule has 2 amide bonds. The molecule has 3 aromatic rings. The lowest BCUT2D eigenvalue weighted by atomic mass is 10.00. The normalized spacial score (nSPS) is 21.7. The topological polar surface area (TPSA) is 105 Å². The van der Waals surface area contributed by atoms with Crippen LogP contribution >= 0.6 is 11.8 Å². The van der Waals surface area contributed by atoms with E-state index < -0.39 is 23.5 Å². The number of nitrogens with zero attached hydrogens (tertiary/aromatic N) is 2. The predicted molar refractivity (Wildman–Crippen MR) is 164 cm³/mol. The number of allylic oxidation sites excluding steroid dienone is 1. The number of thioether (sulfide) groups is 1. The van der Waals surface area contributed by atoms with Crippen molar-refractivity contribution in [3.8, 4) is 0 Å². The molecule has 2 unspecified atom stereocenters. The van der Waals surface area contributed by atoms with Gasteiger partial charge in [-0.1, -0.05) is 103 Å². The number of amides is 2. The SMILES string of the molecule is CN1OC(=O)CC1/C=C/C1=C(C(=O)OC(c2ccccc2)c2ccccc2)N2C(=O)[C@@H](NC(=O)Cc3ccccc3)C2SC1. The van der Waals surface area contributed by atoms with Gasteiger partial charge in [-0.3, -0.25) is 19.3 Å². The van der Waals surface area contributed by atoms with Crippen LogP contribution in [0.5, 0.6) is 0 Å². The Labute approximate surface area is 259 Å². The van der Waals surface area contributed by atoms with Gasteiger partial charge in [0.1, 0.15) is 17.1 Å². The summed E-state index contributed by atoms with van der Waals surface area (Å²) >= 11 is 1.46. The van der Waals surface area contributed by atoms with Gasteiger partial charge in [-0.25, -0.2) is 4.79 Å². The number of carbonyl (C=O) groups is 4. The van der Waals surface area contributed by atoms with Crippen molar-refractivity contribution in [2.45, 2.75) is 36.4 Å². The number of carbonyl (C=O) groups excluding carboxylic acids is 4. The highest BCUT2D eigenvalue weighted by atomic mass is 32.2. The van der Waals surface area contributed by atoms with Crippen LogP contribution in [0.4, 0.5) is 0 Å². The Balaban J connectivity index is 1.28. The number of hydrogen-bond acceptors (Lipinski definition) is 8. The maximum atomic E-state index is 14.1. The fourth-order valence-corrected chi connectivity index (χ4v) is 6.81. The molecular weight excluding hydrogens is 578 g/mol. The molecule has 10 heteroatoms. The second kappa shape index (κ2) is 12.9. The molecule has 3 aliphatic heterocycles. The van der Waals surface area contributed by atoms with Crippen LogP contribution in [0.15, 0.2) is 114 Å². The molecular formula is C34H31N3O6S. The molecule has 0 aromatic heterocycles. The van der Waals surface area contributed by atoms with Crippen LogP contribution in [0.1, 0.15) is 29.2 Å². The molecule has 3 aliphatic rings. The van der Waals surface area contributed by atoms with Crippen molar-refractivity contribution in [1.82, 2.24) is 15.3 Å². The van der Waals surface area contributed by atoms with Crippen molar-refractivity contribution in [3.05, 3.63) is 131 Å². The third kappa shape index (κ3) is 6.17. The van der Waals surface area contributed by atoms with Crippen LogP contribution in [-0.2, 0) is 35.2 Å². The third-order valence-electron chi connectivity index (χ3n) is 7.75. The first kappa shape index (κ1) is 29.4. The number of benzene rings is 3. The average Bonchev–Trinajstić information content (AvgIpc) is 3.38. The van der Waals surface area contributed by atoms with E-state index in [1.54, 1.807) is 19.2 Å². The molecule has 2 saturated heterocycles. The Bertz CT molecular complexity index is 1570. The number of likely N-dealkylation sites (N-methyl/N-ethyl adjacent to an activating group) is 1. The second-order valence-electron chi connectivity index (χ2n) is 10.7. The lowest BCUT2D eigenvalue weighted by Crippen LogP contribution is -2.70. The Morgan fingerprint density at radius 3 is 2.18 bits per heavy atom. The van der Waals surface area contributed by atoms with Gasteiger partial charge in [-0.15, -0.1) is 16.8 Å². The summed E-state index contributed by atoms with van der Waals surface area (Å²) < 4.78 is 6.19. The first-order valence-electron chi connectivity index (χ1n) is 14.3. The largest absolute Gasteiger partial charge is 0.448 e. The summed E-state index contributed by atoms with van der Waals surface area (Å²) in [5.74, 6) is -1.24.